The number of aryl methyl sites for hydroxylation is 2. The predicted octanol–water partition coefficient (Wildman–Crippen LogP) is 5.14. The molecule has 4 aromatic heterocycles. The summed E-state index contributed by atoms with van der Waals surface area (Å²) in [5.41, 5.74) is 7.54. The van der Waals surface area contributed by atoms with Gasteiger partial charge in [0.25, 0.3) is 0 Å². The summed E-state index contributed by atoms with van der Waals surface area (Å²) >= 11 is 3.57. The van der Waals surface area contributed by atoms with Gasteiger partial charge in [-0.15, -0.1) is 0 Å². The Balaban J connectivity index is 0.817. The number of piperazine rings is 1. The highest BCUT2D eigenvalue weighted by atomic mass is 79.9. The van der Waals surface area contributed by atoms with E-state index in [0.29, 0.717) is 62.0 Å². The number of rotatable bonds is 13. The Morgan fingerprint density at radius 2 is 1.65 bits per heavy atom. The molecule has 1 atom stereocenters. The Morgan fingerprint density at radius 3 is 2.37 bits per heavy atom. The number of carbonyl (C=O) groups is 2. The third kappa shape index (κ3) is 9.47. The Bertz CT molecular complexity index is 3380. The first-order valence-electron chi connectivity index (χ1n) is 23.4. The van der Waals surface area contributed by atoms with E-state index >= 15 is 0 Å². The number of nitrogens with one attached hydrogen (secondary N) is 3. The summed E-state index contributed by atoms with van der Waals surface area (Å²) in [4.78, 5) is 63.4. The van der Waals surface area contributed by atoms with E-state index in [-0.39, 0.29) is 24.0 Å². The number of nitrogens with zero attached hydrogens (tertiary/aromatic N) is 12. The fourth-order valence-electron chi connectivity index (χ4n) is 9.95. The maximum Gasteiger partial charge on any atom is 0.329 e. The van der Waals surface area contributed by atoms with E-state index in [1.807, 2.05) is 43.7 Å². The Kier molecular flexibility index (Phi) is 12.9. The van der Waals surface area contributed by atoms with Crippen molar-refractivity contribution in [3.63, 3.8) is 0 Å². The number of methoxy groups -OCH3 is 1. The topological polar surface area (TPSA) is 223 Å². The van der Waals surface area contributed by atoms with Crippen LogP contribution in [0.15, 0.2) is 82.7 Å². The van der Waals surface area contributed by atoms with Crippen molar-refractivity contribution in [1.82, 2.24) is 49.1 Å². The number of imide groups is 1. The minimum atomic E-state index is -3.67. The second-order valence-corrected chi connectivity index (χ2v) is 21.2. The number of amides is 2. The Hall–Kier alpha value is -7.11. The van der Waals surface area contributed by atoms with Gasteiger partial charge in [0.1, 0.15) is 28.8 Å². The molecule has 3 aliphatic heterocycles. The van der Waals surface area contributed by atoms with Gasteiger partial charge < -0.3 is 25.2 Å². The minimum absolute atomic E-state index is 0.202. The smallest absolute Gasteiger partial charge is 0.329 e. The highest BCUT2D eigenvalue weighted by Crippen LogP contribution is 2.42. The number of anilines is 7. The van der Waals surface area contributed by atoms with Gasteiger partial charge in [0.15, 0.2) is 0 Å². The number of aromatic nitrogens is 8. The molecule has 0 spiro atoms. The molecule has 7 heterocycles. The van der Waals surface area contributed by atoms with Crippen molar-refractivity contribution in [1.29, 1.82) is 0 Å². The first-order chi connectivity index (χ1) is 34.1. The lowest BCUT2D eigenvalue weighted by Crippen LogP contribution is -2.49. The highest BCUT2D eigenvalue weighted by molar-refractivity contribution is 9.10. The molecular weight excluding hydrogens is 995 g/mol. The molecule has 3 N–H and O–H groups in total. The van der Waals surface area contributed by atoms with E-state index in [1.54, 1.807) is 47.9 Å². The van der Waals surface area contributed by atoms with Crippen molar-refractivity contribution in [3.05, 3.63) is 88.4 Å². The van der Waals surface area contributed by atoms with Crippen molar-refractivity contribution < 1.29 is 22.7 Å². The minimum Gasteiger partial charge on any atom is -0.494 e. The van der Waals surface area contributed by atoms with E-state index in [2.05, 4.69) is 72.7 Å². The van der Waals surface area contributed by atoms with Gasteiger partial charge in [-0.2, -0.15) is 10.1 Å². The highest BCUT2D eigenvalue weighted by Gasteiger charge is 2.32. The molecule has 0 aliphatic carbocycles. The standard InChI is InChI=1S/C48H54BrN15O6S/c1-58-28-30(25-53-58)32-23-36(55-47-52-26-33(49)45(57-47)54-35-8-7-34-43(51-15-14-50-34)44(35)60(3)71(5,68)69)41(70-4)24-39(32)63-16-12-29(13-17-63)27-61-18-20-62(21-19-61)31-6-9-37-40(22-31)59(2)48(67)64(37)38-10-11-42(65)56-46(38)66/h6-9,14-15,22-26,28-29,38H,10-13,16-21,27H2,1-5H3,(H,56,65,66)(H2,52,54,55,57). The van der Waals surface area contributed by atoms with Crippen LogP contribution in [0.25, 0.3) is 33.2 Å². The monoisotopic (exact) mass is 1050 g/mol. The van der Waals surface area contributed by atoms with E-state index in [4.69, 9.17) is 9.72 Å². The van der Waals surface area contributed by atoms with Crippen LogP contribution >= 0.6 is 15.9 Å². The quantitative estimate of drug-likeness (QED) is 0.127. The molecule has 370 valence electrons. The normalized spacial score (nSPS) is 17.2. The van der Waals surface area contributed by atoms with Gasteiger partial charge in [0, 0.05) is 127 Å². The largest absolute Gasteiger partial charge is 0.494 e. The lowest BCUT2D eigenvalue weighted by molar-refractivity contribution is -0.135. The first kappa shape index (κ1) is 47.6. The van der Waals surface area contributed by atoms with Gasteiger partial charge in [-0.1, -0.05) is 0 Å². The third-order valence-electron chi connectivity index (χ3n) is 13.8. The summed E-state index contributed by atoms with van der Waals surface area (Å²) in [5.74, 6) is 1.04. The molecule has 7 aromatic rings. The maximum absolute atomic E-state index is 13.4. The maximum atomic E-state index is 13.4. The number of sulfonamides is 1. The molecule has 1 unspecified atom stereocenters. The van der Waals surface area contributed by atoms with E-state index in [1.165, 1.54) is 22.1 Å². The molecule has 21 nitrogen and oxygen atoms in total. The molecule has 3 aromatic carbocycles. The number of imidazole rings is 1. The average Bonchev–Trinajstić information content (AvgIpc) is 3.90. The second-order valence-electron chi connectivity index (χ2n) is 18.3. The van der Waals surface area contributed by atoms with Crippen LogP contribution in [-0.4, -0.2) is 130 Å². The van der Waals surface area contributed by atoms with Crippen molar-refractivity contribution in [3.8, 4) is 16.9 Å². The molecule has 71 heavy (non-hydrogen) atoms. The number of hydrogen-bond donors (Lipinski definition) is 3. The Morgan fingerprint density at radius 1 is 0.873 bits per heavy atom. The molecule has 3 saturated heterocycles. The zero-order chi connectivity index (χ0) is 49.7. The van der Waals surface area contributed by atoms with Crippen molar-refractivity contribution in [2.45, 2.75) is 31.7 Å². The number of benzene rings is 3. The zero-order valence-corrected chi connectivity index (χ0v) is 42.4. The molecule has 3 fully saturated rings. The van der Waals surface area contributed by atoms with Gasteiger partial charge in [0.2, 0.25) is 27.8 Å². The summed E-state index contributed by atoms with van der Waals surface area (Å²) in [5, 5.41) is 13.6. The lowest BCUT2D eigenvalue weighted by atomic mass is 9.94. The summed E-state index contributed by atoms with van der Waals surface area (Å²) in [6.07, 6.45) is 12.2. The number of piperidine rings is 2. The molecule has 0 bridgehead atoms. The SMILES string of the molecule is COc1cc(N2CCC(CN3CCN(c4ccc5c(c4)n(C)c(=O)n5C4CCC(=O)NC4=O)CC3)CC2)c(-c2cnn(C)c2)cc1Nc1ncc(Br)c(Nc2ccc3nccnc3c2N(C)S(C)(=O)=O)n1. The van der Waals surface area contributed by atoms with E-state index < -0.39 is 22.0 Å². The predicted molar refractivity (Wildman–Crippen MR) is 276 cm³/mol. The van der Waals surface area contributed by atoms with Gasteiger partial charge >= 0.3 is 5.69 Å². The van der Waals surface area contributed by atoms with Crippen LogP contribution < -0.4 is 40.5 Å². The van der Waals surface area contributed by atoms with Crippen LogP contribution in [-0.2, 0) is 33.7 Å². The van der Waals surface area contributed by atoms with Gasteiger partial charge in [-0.25, -0.2) is 18.2 Å². The molecule has 0 radical (unpaired) electrons. The first-order valence-corrected chi connectivity index (χ1v) is 26.0. The molecule has 10 rings (SSSR count). The zero-order valence-electron chi connectivity index (χ0n) is 40.0. The van der Waals surface area contributed by atoms with Crippen LogP contribution in [0, 0.1) is 5.92 Å². The second kappa shape index (κ2) is 19.2. The summed E-state index contributed by atoms with van der Waals surface area (Å²) in [7, 11) is 3.06. The molecule has 3 aliphatic rings. The van der Waals surface area contributed by atoms with Crippen molar-refractivity contribution in [2.75, 3.05) is 91.0 Å². The van der Waals surface area contributed by atoms with Crippen LogP contribution in [0.5, 0.6) is 5.75 Å². The molecule has 2 amide bonds. The van der Waals surface area contributed by atoms with Gasteiger partial charge in [0.05, 0.1) is 52.0 Å². The fourth-order valence-corrected chi connectivity index (χ4v) is 10.8. The van der Waals surface area contributed by atoms with Crippen LogP contribution in [0.4, 0.5) is 40.2 Å². The number of carbonyl (C=O) groups excluding carboxylic acids is 2. The molecular formula is C48H54BrN15O6S. The number of ether oxygens (including phenoxy) is 1. The fraction of sp³-hybridized carbons (Fsp3) is 0.375. The summed E-state index contributed by atoms with van der Waals surface area (Å²) in [6, 6.07) is 12.9. The van der Waals surface area contributed by atoms with Crippen LogP contribution in [0.1, 0.15) is 31.7 Å². The Labute approximate surface area is 418 Å². The van der Waals surface area contributed by atoms with Crippen LogP contribution in [0.3, 0.4) is 0 Å². The van der Waals surface area contributed by atoms with Crippen molar-refractivity contribution >= 4 is 100 Å². The average molecular weight is 1050 g/mol. The van der Waals surface area contributed by atoms with Crippen LogP contribution in [0.2, 0.25) is 0 Å². The summed E-state index contributed by atoms with van der Waals surface area (Å²) < 4.78 is 38.2. The molecule has 23 heteroatoms. The van der Waals surface area contributed by atoms with Gasteiger partial charge in [-0.05, 0) is 77.5 Å². The number of halogens is 1. The summed E-state index contributed by atoms with van der Waals surface area (Å²) in [6.45, 7) is 6.30. The van der Waals surface area contributed by atoms with Gasteiger partial charge in [-0.3, -0.25) is 47.9 Å². The van der Waals surface area contributed by atoms with Crippen molar-refractivity contribution in [2.24, 2.45) is 20.0 Å². The number of fused-ring (bicyclic) bond motifs is 2. The number of hydrogen-bond acceptors (Lipinski definition) is 16. The molecule has 0 saturated carbocycles. The lowest BCUT2D eigenvalue weighted by Gasteiger charge is -2.40. The van der Waals surface area contributed by atoms with E-state index in [9.17, 15) is 22.8 Å². The van der Waals surface area contributed by atoms with E-state index in [0.717, 1.165) is 92.9 Å². The third-order valence-corrected chi connectivity index (χ3v) is 15.6.